The van der Waals surface area contributed by atoms with E-state index in [9.17, 15) is 4.79 Å². The van der Waals surface area contributed by atoms with Crippen molar-refractivity contribution in [3.63, 3.8) is 0 Å². The predicted molar refractivity (Wildman–Crippen MR) is 90.0 cm³/mol. The highest BCUT2D eigenvalue weighted by Crippen LogP contribution is 2.27. The second-order valence-electron chi connectivity index (χ2n) is 5.71. The van der Waals surface area contributed by atoms with E-state index in [1.807, 2.05) is 53.4 Å². The van der Waals surface area contributed by atoms with Crippen LogP contribution in [-0.4, -0.2) is 29.9 Å². The Hall–Kier alpha value is -1.84. The maximum Gasteiger partial charge on any atom is 0.254 e. The van der Waals surface area contributed by atoms with Crippen molar-refractivity contribution in [1.82, 2.24) is 4.90 Å². The number of amides is 1. The number of hydrogen-bond acceptors (Lipinski definition) is 2. The molecule has 1 fully saturated rings. The van der Waals surface area contributed by atoms with Gasteiger partial charge in [-0.25, -0.2) is 0 Å². The van der Waals surface area contributed by atoms with E-state index in [0.29, 0.717) is 17.1 Å². The summed E-state index contributed by atoms with van der Waals surface area (Å²) in [4.78, 5) is 14.7. The summed E-state index contributed by atoms with van der Waals surface area (Å²) in [5.41, 5.74) is 8.57. The fourth-order valence-electron chi connectivity index (χ4n) is 2.94. The molecule has 1 amide bonds. The monoisotopic (exact) mass is 314 g/mol. The largest absolute Gasteiger partial charge is 0.337 e. The van der Waals surface area contributed by atoms with E-state index in [0.717, 1.165) is 30.5 Å². The number of rotatable bonds is 2. The van der Waals surface area contributed by atoms with Gasteiger partial charge in [0.15, 0.2) is 0 Å². The van der Waals surface area contributed by atoms with Crippen LogP contribution in [-0.2, 0) is 0 Å². The van der Waals surface area contributed by atoms with Gasteiger partial charge in [-0.1, -0.05) is 41.9 Å². The minimum absolute atomic E-state index is 0.0470. The first kappa shape index (κ1) is 15.1. The molecule has 0 aliphatic carbocycles. The molecule has 0 aromatic heterocycles. The molecule has 0 spiro atoms. The number of halogens is 1. The number of carbonyl (C=O) groups excluding carboxylic acids is 1. The first-order valence-electron chi connectivity index (χ1n) is 7.55. The smallest absolute Gasteiger partial charge is 0.254 e. The van der Waals surface area contributed by atoms with E-state index in [1.54, 1.807) is 0 Å². The summed E-state index contributed by atoms with van der Waals surface area (Å²) in [7, 11) is 0. The first-order chi connectivity index (χ1) is 10.6. The van der Waals surface area contributed by atoms with Crippen LogP contribution in [0, 0.1) is 0 Å². The molecule has 0 radical (unpaired) electrons. The summed E-state index contributed by atoms with van der Waals surface area (Å²) >= 11 is 6.08. The van der Waals surface area contributed by atoms with Gasteiger partial charge in [0.05, 0.1) is 0 Å². The predicted octanol–water partition coefficient (Wildman–Crippen LogP) is 3.57. The molecule has 1 aliphatic heterocycles. The Bertz CT molecular complexity index is 686. The van der Waals surface area contributed by atoms with Crippen molar-refractivity contribution in [3.05, 3.63) is 59.1 Å². The molecular formula is C18H19ClN2O. The Labute approximate surface area is 135 Å². The van der Waals surface area contributed by atoms with E-state index >= 15 is 0 Å². The Morgan fingerprint density at radius 3 is 2.77 bits per heavy atom. The van der Waals surface area contributed by atoms with E-state index in [2.05, 4.69) is 0 Å². The maximum absolute atomic E-state index is 12.9. The lowest BCUT2D eigenvalue weighted by molar-refractivity contribution is 0.0709. The molecule has 2 aromatic carbocycles. The highest BCUT2D eigenvalue weighted by atomic mass is 35.5. The minimum atomic E-state index is 0.0470. The van der Waals surface area contributed by atoms with Gasteiger partial charge in [0.1, 0.15) is 0 Å². The third-order valence-electron chi connectivity index (χ3n) is 4.04. The van der Waals surface area contributed by atoms with Gasteiger partial charge in [0.2, 0.25) is 0 Å². The van der Waals surface area contributed by atoms with E-state index < -0.39 is 0 Å². The first-order valence-corrected chi connectivity index (χ1v) is 7.93. The number of nitrogens with zero attached hydrogens (tertiary/aromatic N) is 1. The van der Waals surface area contributed by atoms with Gasteiger partial charge in [-0.05, 0) is 42.2 Å². The van der Waals surface area contributed by atoms with Crippen molar-refractivity contribution in [2.24, 2.45) is 5.73 Å². The van der Waals surface area contributed by atoms with Crippen LogP contribution in [0.25, 0.3) is 11.1 Å². The van der Waals surface area contributed by atoms with Gasteiger partial charge in [0.25, 0.3) is 5.91 Å². The second-order valence-corrected chi connectivity index (χ2v) is 6.15. The number of likely N-dealkylation sites (tertiary alicyclic amines) is 1. The minimum Gasteiger partial charge on any atom is -0.337 e. The van der Waals surface area contributed by atoms with Crippen LogP contribution in [0.3, 0.4) is 0 Å². The van der Waals surface area contributed by atoms with Crippen molar-refractivity contribution in [1.29, 1.82) is 0 Å². The van der Waals surface area contributed by atoms with Gasteiger partial charge in [-0.3, -0.25) is 4.79 Å². The van der Waals surface area contributed by atoms with Crippen molar-refractivity contribution in [3.8, 4) is 11.1 Å². The zero-order chi connectivity index (χ0) is 15.5. The number of benzene rings is 2. The molecule has 3 rings (SSSR count). The Morgan fingerprint density at radius 2 is 2.00 bits per heavy atom. The average molecular weight is 315 g/mol. The van der Waals surface area contributed by atoms with Gasteiger partial charge >= 0.3 is 0 Å². The van der Waals surface area contributed by atoms with E-state index in [1.165, 1.54) is 0 Å². The highest BCUT2D eigenvalue weighted by molar-refractivity contribution is 6.30. The summed E-state index contributed by atoms with van der Waals surface area (Å²) in [6.07, 6.45) is 1.95. The van der Waals surface area contributed by atoms with Crippen molar-refractivity contribution in [2.45, 2.75) is 18.9 Å². The summed E-state index contributed by atoms with van der Waals surface area (Å²) in [5, 5.41) is 0.666. The average Bonchev–Trinajstić information content (AvgIpc) is 2.54. The molecule has 0 saturated carbocycles. The number of carbonyl (C=O) groups is 1. The van der Waals surface area contributed by atoms with Crippen LogP contribution in [0.15, 0.2) is 48.5 Å². The topological polar surface area (TPSA) is 46.3 Å². The molecule has 1 heterocycles. The Balaban J connectivity index is 1.96. The third kappa shape index (κ3) is 3.16. The van der Waals surface area contributed by atoms with E-state index in [-0.39, 0.29) is 11.9 Å². The molecule has 2 aromatic rings. The lowest BCUT2D eigenvalue weighted by Gasteiger charge is -2.31. The molecule has 3 nitrogen and oxygen atoms in total. The zero-order valence-electron chi connectivity index (χ0n) is 12.3. The van der Waals surface area contributed by atoms with Gasteiger partial charge in [0, 0.05) is 29.7 Å². The lowest BCUT2D eigenvalue weighted by atomic mass is 9.97. The SMILES string of the molecule is N[C@@H]1CCCN(C(=O)c2ccccc2-c2cccc(Cl)c2)C1. The number of nitrogens with two attached hydrogens (primary N) is 1. The van der Waals surface area contributed by atoms with Gasteiger partial charge < -0.3 is 10.6 Å². The van der Waals surface area contributed by atoms with Gasteiger partial charge in [-0.15, -0.1) is 0 Å². The fourth-order valence-corrected chi connectivity index (χ4v) is 3.13. The normalized spacial score (nSPS) is 18.3. The molecule has 1 aliphatic rings. The maximum atomic E-state index is 12.9. The van der Waals surface area contributed by atoms with Crippen LogP contribution < -0.4 is 5.73 Å². The molecule has 114 valence electrons. The molecule has 1 saturated heterocycles. The van der Waals surface area contributed by atoms with Crippen molar-refractivity contribution >= 4 is 17.5 Å². The number of piperidine rings is 1. The Kier molecular flexibility index (Phi) is 4.46. The molecule has 0 unspecified atom stereocenters. The highest BCUT2D eigenvalue weighted by Gasteiger charge is 2.24. The quantitative estimate of drug-likeness (QED) is 0.921. The van der Waals surface area contributed by atoms with Crippen LogP contribution in [0.4, 0.5) is 0 Å². The van der Waals surface area contributed by atoms with Crippen LogP contribution in [0.1, 0.15) is 23.2 Å². The van der Waals surface area contributed by atoms with Crippen LogP contribution in [0.5, 0.6) is 0 Å². The molecule has 2 N–H and O–H groups in total. The fraction of sp³-hybridized carbons (Fsp3) is 0.278. The molecule has 1 atom stereocenters. The lowest BCUT2D eigenvalue weighted by Crippen LogP contribution is -2.45. The summed E-state index contributed by atoms with van der Waals surface area (Å²) in [6.45, 7) is 1.40. The standard InChI is InChI=1S/C18H19ClN2O/c19-14-6-3-5-13(11-14)16-8-1-2-9-17(16)18(22)21-10-4-7-15(20)12-21/h1-3,5-6,8-9,11,15H,4,7,10,12,20H2/t15-/m1/s1. The molecular weight excluding hydrogens is 296 g/mol. The third-order valence-corrected chi connectivity index (χ3v) is 4.27. The zero-order valence-corrected chi connectivity index (χ0v) is 13.1. The summed E-state index contributed by atoms with van der Waals surface area (Å²) < 4.78 is 0. The molecule has 22 heavy (non-hydrogen) atoms. The Morgan fingerprint density at radius 1 is 1.18 bits per heavy atom. The molecule has 4 heteroatoms. The summed E-state index contributed by atoms with van der Waals surface area (Å²) in [6, 6.07) is 15.3. The van der Waals surface area contributed by atoms with Gasteiger partial charge in [-0.2, -0.15) is 0 Å². The van der Waals surface area contributed by atoms with Crippen molar-refractivity contribution < 1.29 is 4.79 Å². The van der Waals surface area contributed by atoms with Crippen molar-refractivity contribution in [2.75, 3.05) is 13.1 Å². The summed E-state index contributed by atoms with van der Waals surface area (Å²) in [5.74, 6) is 0.0470. The molecule has 0 bridgehead atoms. The van der Waals surface area contributed by atoms with Crippen LogP contribution >= 0.6 is 11.6 Å². The second kappa shape index (κ2) is 6.51. The van der Waals surface area contributed by atoms with Crippen LogP contribution in [0.2, 0.25) is 5.02 Å². The number of hydrogen-bond donors (Lipinski definition) is 1. The van der Waals surface area contributed by atoms with E-state index in [4.69, 9.17) is 17.3 Å².